The summed E-state index contributed by atoms with van der Waals surface area (Å²) in [5.41, 5.74) is 2.42. The van der Waals surface area contributed by atoms with E-state index in [2.05, 4.69) is 66.1 Å². The van der Waals surface area contributed by atoms with Crippen LogP contribution in [0.25, 0.3) is 0 Å². The lowest BCUT2D eigenvalue weighted by atomic mass is 10.1. The van der Waals surface area contributed by atoms with Crippen molar-refractivity contribution in [2.45, 2.75) is 19.8 Å². The highest BCUT2D eigenvalue weighted by Gasteiger charge is 2.01. The molecule has 0 aliphatic carbocycles. The van der Waals surface area contributed by atoms with Crippen molar-refractivity contribution in [1.82, 2.24) is 0 Å². The van der Waals surface area contributed by atoms with E-state index >= 15 is 0 Å². The molecule has 1 atom stereocenters. The molecule has 0 spiro atoms. The van der Waals surface area contributed by atoms with Crippen molar-refractivity contribution in [3.05, 3.63) is 60.7 Å². The molecule has 2 rings (SSSR count). The topological polar surface area (TPSA) is 24.1 Å². The maximum atomic E-state index is 3.48. The molecule has 0 aliphatic rings. The third kappa shape index (κ3) is 5.35. The van der Waals surface area contributed by atoms with Gasteiger partial charge in [0.2, 0.25) is 0 Å². The van der Waals surface area contributed by atoms with Crippen molar-refractivity contribution in [2.24, 2.45) is 5.92 Å². The Morgan fingerprint density at radius 1 is 0.800 bits per heavy atom. The zero-order valence-electron chi connectivity index (χ0n) is 12.2. The van der Waals surface area contributed by atoms with Gasteiger partial charge in [-0.05, 0) is 43.0 Å². The third-order valence-electron chi connectivity index (χ3n) is 3.41. The quantitative estimate of drug-likeness (QED) is 0.682. The molecular weight excluding hydrogens is 244 g/mol. The van der Waals surface area contributed by atoms with Gasteiger partial charge in [0.25, 0.3) is 0 Å². The lowest BCUT2D eigenvalue weighted by Gasteiger charge is -2.14. The van der Waals surface area contributed by atoms with Crippen LogP contribution in [0.4, 0.5) is 11.4 Å². The molecule has 0 aromatic heterocycles. The first-order valence-corrected chi connectivity index (χ1v) is 7.42. The van der Waals surface area contributed by atoms with E-state index in [9.17, 15) is 0 Å². The normalized spacial score (nSPS) is 11.8. The highest BCUT2D eigenvalue weighted by Crippen LogP contribution is 2.11. The summed E-state index contributed by atoms with van der Waals surface area (Å²) >= 11 is 0. The summed E-state index contributed by atoms with van der Waals surface area (Å²) in [6.07, 6.45) is 2.44. The average Bonchev–Trinajstić information content (AvgIpc) is 2.52. The molecule has 1 unspecified atom stereocenters. The minimum Gasteiger partial charge on any atom is -0.385 e. The third-order valence-corrected chi connectivity index (χ3v) is 3.41. The first kappa shape index (κ1) is 14.4. The lowest BCUT2D eigenvalue weighted by Crippen LogP contribution is -2.12. The largest absolute Gasteiger partial charge is 0.385 e. The minimum atomic E-state index is 0.688. The van der Waals surface area contributed by atoms with Crippen molar-refractivity contribution in [2.75, 3.05) is 23.7 Å². The molecular formula is C18H24N2. The van der Waals surface area contributed by atoms with Gasteiger partial charge in [-0.2, -0.15) is 0 Å². The van der Waals surface area contributed by atoms with Crippen molar-refractivity contribution in [3.8, 4) is 0 Å². The van der Waals surface area contributed by atoms with Crippen LogP contribution in [0.5, 0.6) is 0 Å². The lowest BCUT2D eigenvalue weighted by molar-refractivity contribution is 0.543. The van der Waals surface area contributed by atoms with Gasteiger partial charge in [0, 0.05) is 24.5 Å². The molecule has 0 saturated carbocycles. The van der Waals surface area contributed by atoms with E-state index in [0.29, 0.717) is 5.92 Å². The number of rotatable bonds is 8. The van der Waals surface area contributed by atoms with Gasteiger partial charge in [-0.3, -0.25) is 0 Å². The van der Waals surface area contributed by atoms with E-state index in [1.165, 1.54) is 24.2 Å². The molecule has 0 radical (unpaired) electrons. The average molecular weight is 268 g/mol. The Labute approximate surface area is 122 Å². The number of hydrogen-bond donors (Lipinski definition) is 2. The number of hydrogen-bond acceptors (Lipinski definition) is 2. The Balaban J connectivity index is 1.57. The summed E-state index contributed by atoms with van der Waals surface area (Å²) in [6, 6.07) is 20.8. The molecule has 2 nitrogen and oxygen atoms in total. The fraction of sp³-hybridized carbons (Fsp3) is 0.333. The fourth-order valence-corrected chi connectivity index (χ4v) is 2.19. The number of anilines is 2. The Morgan fingerprint density at radius 2 is 1.35 bits per heavy atom. The number of nitrogens with one attached hydrogen (secondary N) is 2. The van der Waals surface area contributed by atoms with E-state index in [0.717, 1.165) is 13.1 Å². The molecule has 0 heterocycles. The zero-order valence-corrected chi connectivity index (χ0v) is 12.2. The molecule has 20 heavy (non-hydrogen) atoms. The van der Waals surface area contributed by atoms with Crippen LogP contribution in [0.3, 0.4) is 0 Å². The Bertz CT molecular complexity index is 467. The Hall–Kier alpha value is -1.96. The molecule has 0 fully saturated rings. The van der Waals surface area contributed by atoms with Gasteiger partial charge in [0.1, 0.15) is 0 Å². The fourth-order valence-electron chi connectivity index (χ4n) is 2.19. The Morgan fingerprint density at radius 3 is 1.95 bits per heavy atom. The predicted molar refractivity (Wildman–Crippen MR) is 88.3 cm³/mol. The standard InChI is InChI=1S/C18H24N2/c1-16(15-20-18-12-6-3-7-13-18)9-8-14-19-17-10-4-2-5-11-17/h2-7,10-13,16,19-20H,8-9,14-15H2,1H3. The molecule has 0 saturated heterocycles. The second-order valence-corrected chi connectivity index (χ2v) is 5.29. The summed E-state index contributed by atoms with van der Waals surface area (Å²) in [7, 11) is 0. The van der Waals surface area contributed by atoms with Crippen LogP contribution in [0, 0.1) is 5.92 Å². The van der Waals surface area contributed by atoms with E-state index < -0.39 is 0 Å². The van der Waals surface area contributed by atoms with Crippen molar-refractivity contribution in [3.63, 3.8) is 0 Å². The minimum absolute atomic E-state index is 0.688. The number of benzene rings is 2. The molecule has 0 amide bonds. The summed E-state index contributed by atoms with van der Waals surface area (Å²) in [4.78, 5) is 0. The maximum Gasteiger partial charge on any atom is 0.0340 e. The second kappa shape index (κ2) is 8.26. The summed E-state index contributed by atoms with van der Waals surface area (Å²) in [5.74, 6) is 0.688. The smallest absolute Gasteiger partial charge is 0.0340 e. The van der Waals surface area contributed by atoms with Crippen molar-refractivity contribution in [1.29, 1.82) is 0 Å². The molecule has 106 valence electrons. The monoisotopic (exact) mass is 268 g/mol. The molecule has 2 aromatic carbocycles. The summed E-state index contributed by atoms with van der Waals surface area (Å²) in [6.45, 7) is 4.38. The van der Waals surface area contributed by atoms with Gasteiger partial charge in [0.15, 0.2) is 0 Å². The summed E-state index contributed by atoms with van der Waals surface area (Å²) < 4.78 is 0. The summed E-state index contributed by atoms with van der Waals surface area (Å²) in [5, 5.41) is 6.94. The van der Waals surface area contributed by atoms with E-state index in [1.54, 1.807) is 0 Å². The number of para-hydroxylation sites is 2. The van der Waals surface area contributed by atoms with Crippen molar-refractivity contribution >= 4 is 11.4 Å². The van der Waals surface area contributed by atoms with Gasteiger partial charge in [-0.15, -0.1) is 0 Å². The predicted octanol–water partition coefficient (Wildman–Crippen LogP) is 4.63. The molecule has 0 aliphatic heterocycles. The molecule has 2 aromatic rings. The van der Waals surface area contributed by atoms with Gasteiger partial charge in [-0.1, -0.05) is 43.3 Å². The van der Waals surface area contributed by atoms with E-state index in [1.807, 2.05) is 12.1 Å². The van der Waals surface area contributed by atoms with Crippen molar-refractivity contribution < 1.29 is 0 Å². The molecule has 2 heteroatoms. The van der Waals surface area contributed by atoms with Crippen LogP contribution >= 0.6 is 0 Å². The van der Waals surface area contributed by atoms with Crippen LogP contribution < -0.4 is 10.6 Å². The molecule has 2 N–H and O–H groups in total. The van der Waals surface area contributed by atoms with Crippen LogP contribution in [0.15, 0.2) is 60.7 Å². The molecule has 0 bridgehead atoms. The SMILES string of the molecule is CC(CCCNc1ccccc1)CNc1ccccc1. The highest BCUT2D eigenvalue weighted by molar-refractivity contribution is 5.43. The van der Waals surface area contributed by atoms with E-state index in [4.69, 9.17) is 0 Å². The maximum absolute atomic E-state index is 3.48. The van der Waals surface area contributed by atoms with Gasteiger partial charge >= 0.3 is 0 Å². The van der Waals surface area contributed by atoms with Gasteiger partial charge in [0.05, 0.1) is 0 Å². The van der Waals surface area contributed by atoms with Crippen LogP contribution in [-0.2, 0) is 0 Å². The Kier molecular flexibility index (Phi) is 5.97. The van der Waals surface area contributed by atoms with E-state index in [-0.39, 0.29) is 0 Å². The first-order valence-electron chi connectivity index (χ1n) is 7.42. The highest BCUT2D eigenvalue weighted by atomic mass is 14.9. The zero-order chi connectivity index (χ0) is 14.0. The van der Waals surface area contributed by atoms with Crippen LogP contribution in [-0.4, -0.2) is 13.1 Å². The van der Waals surface area contributed by atoms with Crippen LogP contribution in [0.1, 0.15) is 19.8 Å². The van der Waals surface area contributed by atoms with Gasteiger partial charge < -0.3 is 10.6 Å². The first-order chi connectivity index (χ1) is 9.84. The van der Waals surface area contributed by atoms with Crippen LogP contribution in [0.2, 0.25) is 0 Å². The van der Waals surface area contributed by atoms with Gasteiger partial charge in [-0.25, -0.2) is 0 Å². The second-order valence-electron chi connectivity index (χ2n) is 5.29.